The number of nitrogens with one attached hydrogen (secondary N) is 1. The van der Waals surface area contributed by atoms with Gasteiger partial charge in [-0.15, -0.1) is 0 Å². The SMILES string of the molecule is O=C(CCc1c[nH]c2ccccc12)c1cc(F)cc(F)c1. The average Bonchev–Trinajstić information content (AvgIpc) is 2.87. The molecule has 0 aliphatic rings. The van der Waals surface area contributed by atoms with Crippen LogP contribution in [0, 0.1) is 11.6 Å². The van der Waals surface area contributed by atoms with Gasteiger partial charge in [0.1, 0.15) is 11.6 Å². The first-order valence-electron chi connectivity index (χ1n) is 6.68. The van der Waals surface area contributed by atoms with Crippen molar-refractivity contribution in [2.45, 2.75) is 12.8 Å². The first kappa shape index (κ1) is 13.5. The number of ketones is 1. The Bertz CT molecular complexity index is 787. The molecule has 0 radical (unpaired) electrons. The Kier molecular flexibility index (Phi) is 3.52. The van der Waals surface area contributed by atoms with Crippen LogP contribution in [0.5, 0.6) is 0 Å². The molecule has 0 atom stereocenters. The minimum Gasteiger partial charge on any atom is -0.361 e. The van der Waals surface area contributed by atoms with Gasteiger partial charge in [0.2, 0.25) is 0 Å². The minimum absolute atomic E-state index is 0.0762. The number of para-hydroxylation sites is 1. The molecule has 1 aromatic heterocycles. The van der Waals surface area contributed by atoms with Gasteiger partial charge in [-0.2, -0.15) is 0 Å². The third-order valence-electron chi connectivity index (χ3n) is 3.48. The Morgan fingerprint density at radius 1 is 1.05 bits per heavy atom. The van der Waals surface area contributed by atoms with E-state index in [0.29, 0.717) is 6.42 Å². The number of H-pyrrole nitrogens is 1. The number of hydrogen-bond donors (Lipinski definition) is 1. The monoisotopic (exact) mass is 285 g/mol. The summed E-state index contributed by atoms with van der Waals surface area (Å²) < 4.78 is 26.2. The summed E-state index contributed by atoms with van der Waals surface area (Å²) in [5.41, 5.74) is 2.11. The van der Waals surface area contributed by atoms with E-state index in [4.69, 9.17) is 0 Å². The molecule has 0 bridgehead atoms. The quantitative estimate of drug-likeness (QED) is 0.714. The molecule has 21 heavy (non-hydrogen) atoms. The number of carbonyl (C=O) groups excluding carboxylic acids is 1. The van der Waals surface area contributed by atoms with Crippen molar-refractivity contribution in [3.8, 4) is 0 Å². The van der Waals surface area contributed by atoms with Crippen LogP contribution >= 0.6 is 0 Å². The van der Waals surface area contributed by atoms with Crippen LogP contribution in [0.3, 0.4) is 0 Å². The fourth-order valence-corrected chi connectivity index (χ4v) is 2.45. The second kappa shape index (κ2) is 5.48. The summed E-state index contributed by atoms with van der Waals surface area (Å²) in [6, 6.07) is 10.7. The van der Waals surface area contributed by atoms with Crippen LogP contribution in [-0.2, 0) is 6.42 Å². The predicted molar refractivity (Wildman–Crippen MR) is 77.3 cm³/mol. The molecule has 2 aromatic carbocycles. The number of benzene rings is 2. The molecule has 0 unspecified atom stereocenters. The number of halogens is 2. The maximum atomic E-state index is 13.1. The van der Waals surface area contributed by atoms with Gasteiger partial charge in [-0.05, 0) is 30.2 Å². The lowest BCUT2D eigenvalue weighted by Crippen LogP contribution is -2.02. The Morgan fingerprint density at radius 3 is 2.52 bits per heavy atom. The first-order valence-corrected chi connectivity index (χ1v) is 6.68. The van der Waals surface area contributed by atoms with Crippen molar-refractivity contribution >= 4 is 16.7 Å². The summed E-state index contributed by atoms with van der Waals surface area (Å²) in [5.74, 6) is -1.73. The number of hydrogen-bond acceptors (Lipinski definition) is 1. The van der Waals surface area contributed by atoms with E-state index in [1.807, 2.05) is 30.5 Å². The zero-order chi connectivity index (χ0) is 14.8. The molecule has 0 spiro atoms. The highest BCUT2D eigenvalue weighted by atomic mass is 19.1. The number of aryl methyl sites for hydroxylation is 1. The highest BCUT2D eigenvalue weighted by molar-refractivity contribution is 5.96. The molecule has 1 heterocycles. The average molecular weight is 285 g/mol. The molecule has 0 aliphatic carbocycles. The van der Waals surface area contributed by atoms with E-state index in [9.17, 15) is 13.6 Å². The van der Waals surface area contributed by atoms with Crippen LogP contribution in [0.4, 0.5) is 8.78 Å². The number of carbonyl (C=O) groups is 1. The zero-order valence-electron chi connectivity index (χ0n) is 11.2. The van der Waals surface area contributed by atoms with Crippen molar-refractivity contribution in [3.05, 3.63) is 71.4 Å². The number of fused-ring (bicyclic) bond motifs is 1. The predicted octanol–water partition coefficient (Wildman–Crippen LogP) is 4.26. The molecule has 0 fully saturated rings. The van der Waals surface area contributed by atoms with Crippen molar-refractivity contribution in [3.63, 3.8) is 0 Å². The van der Waals surface area contributed by atoms with Gasteiger partial charge in [-0.3, -0.25) is 4.79 Å². The van der Waals surface area contributed by atoms with Gasteiger partial charge in [0, 0.05) is 35.2 Å². The molecule has 3 rings (SSSR count). The molecule has 0 amide bonds. The second-order valence-electron chi connectivity index (χ2n) is 4.94. The van der Waals surface area contributed by atoms with Crippen LogP contribution in [0.15, 0.2) is 48.7 Å². The number of Topliss-reactive ketones (excluding diaryl/α,β-unsaturated/α-hetero) is 1. The van der Waals surface area contributed by atoms with Gasteiger partial charge in [0.15, 0.2) is 5.78 Å². The van der Waals surface area contributed by atoms with Crippen molar-refractivity contribution in [2.24, 2.45) is 0 Å². The van der Waals surface area contributed by atoms with Gasteiger partial charge in [-0.25, -0.2) is 8.78 Å². The van der Waals surface area contributed by atoms with E-state index in [1.54, 1.807) is 0 Å². The fourth-order valence-electron chi connectivity index (χ4n) is 2.45. The highest BCUT2D eigenvalue weighted by Gasteiger charge is 2.11. The van der Waals surface area contributed by atoms with Gasteiger partial charge < -0.3 is 4.98 Å². The summed E-state index contributed by atoms with van der Waals surface area (Å²) in [5, 5.41) is 1.07. The van der Waals surface area contributed by atoms with E-state index in [1.165, 1.54) is 0 Å². The van der Waals surface area contributed by atoms with Gasteiger partial charge in [0.05, 0.1) is 0 Å². The maximum Gasteiger partial charge on any atom is 0.163 e. The van der Waals surface area contributed by atoms with E-state index < -0.39 is 11.6 Å². The smallest absolute Gasteiger partial charge is 0.163 e. The third kappa shape index (κ3) is 2.84. The lowest BCUT2D eigenvalue weighted by molar-refractivity contribution is 0.0982. The first-order chi connectivity index (χ1) is 10.1. The lowest BCUT2D eigenvalue weighted by atomic mass is 10.0. The Labute approximate surface area is 120 Å². The largest absolute Gasteiger partial charge is 0.361 e. The maximum absolute atomic E-state index is 13.1. The van der Waals surface area contributed by atoms with Gasteiger partial charge in [-0.1, -0.05) is 18.2 Å². The summed E-state index contributed by atoms with van der Waals surface area (Å²) in [6.07, 6.45) is 2.61. The summed E-state index contributed by atoms with van der Waals surface area (Å²) >= 11 is 0. The molecule has 106 valence electrons. The van der Waals surface area contributed by atoms with Crippen LogP contribution in [-0.4, -0.2) is 10.8 Å². The van der Waals surface area contributed by atoms with Crippen molar-refractivity contribution in [1.29, 1.82) is 0 Å². The van der Waals surface area contributed by atoms with E-state index in [-0.39, 0.29) is 17.8 Å². The molecule has 0 aliphatic heterocycles. The van der Waals surface area contributed by atoms with Gasteiger partial charge >= 0.3 is 0 Å². The van der Waals surface area contributed by atoms with E-state index in [2.05, 4.69) is 4.98 Å². The standard InChI is InChI=1S/C17H13F2NO/c18-13-7-12(8-14(19)9-13)17(21)6-5-11-10-20-16-4-2-1-3-15(11)16/h1-4,7-10,20H,5-6H2. The van der Waals surface area contributed by atoms with Crippen molar-refractivity contribution in [2.75, 3.05) is 0 Å². The Balaban J connectivity index is 1.76. The fraction of sp³-hybridized carbons (Fsp3) is 0.118. The summed E-state index contributed by atoms with van der Waals surface area (Å²) in [4.78, 5) is 15.2. The molecule has 4 heteroatoms. The third-order valence-corrected chi connectivity index (χ3v) is 3.48. The van der Waals surface area contributed by atoms with Gasteiger partial charge in [0.25, 0.3) is 0 Å². The molecular weight excluding hydrogens is 272 g/mol. The van der Waals surface area contributed by atoms with E-state index in [0.717, 1.165) is 34.7 Å². The normalized spacial score (nSPS) is 11.0. The van der Waals surface area contributed by atoms with Crippen LogP contribution in [0.1, 0.15) is 22.3 Å². The number of rotatable bonds is 4. The number of aromatic nitrogens is 1. The molecule has 2 nitrogen and oxygen atoms in total. The Morgan fingerprint density at radius 2 is 1.76 bits per heavy atom. The molecule has 3 aromatic rings. The molecule has 1 N–H and O–H groups in total. The Hall–Kier alpha value is -2.49. The second-order valence-corrected chi connectivity index (χ2v) is 4.94. The summed E-state index contributed by atoms with van der Waals surface area (Å²) in [7, 11) is 0. The van der Waals surface area contributed by atoms with Crippen LogP contribution in [0.2, 0.25) is 0 Å². The lowest BCUT2D eigenvalue weighted by Gasteiger charge is -2.02. The minimum atomic E-state index is -0.731. The molecule has 0 saturated carbocycles. The topological polar surface area (TPSA) is 32.9 Å². The van der Waals surface area contributed by atoms with Crippen molar-refractivity contribution < 1.29 is 13.6 Å². The summed E-state index contributed by atoms with van der Waals surface area (Å²) in [6.45, 7) is 0. The highest BCUT2D eigenvalue weighted by Crippen LogP contribution is 2.20. The van der Waals surface area contributed by atoms with Crippen LogP contribution < -0.4 is 0 Å². The van der Waals surface area contributed by atoms with E-state index >= 15 is 0 Å². The number of aromatic amines is 1. The van der Waals surface area contributed by atoms with Crippen molar-refractivity contribution in [1.82, 2.24) is 4.98 Å². The van der Waals surface area contributed by atoms with Crippen LogP contribution in [0.25, 0.3) is 10.9 Å². The molecule has 0 saturated heterocycles. The zero-order valence-corrected chi connectivity index (χ0v) is 11.2. The molecular formula is C17H13F2NO.